The van der Waals surface area contributed by atoms with Crippen molar-refractivity contribution >= 4 is 17.3 Å². The third kappa shape index (κ3) is 3.60. The second kappa shape index (κ2) is 8.56. The van der Waals surface area contributed by atoms with Gasteiger partial charge in [-0.3, -0.25) is 4.98 Å². The third-order valence-electron chi connectivity index (χ3n) is 5.83. The summed E-state index contributed by atoms with van der Waals surface area (Å²) in [7, 11) is 0. The van der Waals surface area contributed by atoms with Crippen molar-refractivity contribution in [1.82, 2.24) is 19.8 Å². The van der Waals surface area contributed by atoms with E-state index in [0.29, 0.717) is 5.69 Å². The minimum absolute atomic E-state index is 0.00525. The molecule has 2 aromatic heterocycles. The van der Waals surface area contributed by atoms with Gasteiger partial charge in [-0.25, -0.2) is 4.39 Å². The molecule has 0 amide bonds. The Kier molecular flexibility index (Phi) is 5.86. The second-order valence-corrected chi connectivity index (χ2v) is 8.17. The maximum Gasteiger partial charge on any atom is 0.170 e. The Bertz CT molecular complexity index is 1050. The zero-order chi connectivity index (χ0) is 21.3. The predicted molar refractivity (Wildman–Crippen MR) is 122 cm³/mol. The molecule has 3 heterocycles. The maximum absolute atomic E-state index is 14.6. The van der Waals surface area contributed by atoms with Crippen LogP contribution in [-0.2, 0) is 0 Å². The molecule has 1 N–H and O–H groups in total. The molecule has 4 rings (SSSR count). The molecule has 156 valence electrons. The first-order valence-corrected chi connectivity index (χ1v) is 10.9. The predicted octanol–water partition coefficient (Wildman–Crippen LogP) is 5.40. The Morgan fingerprint density at radius 3 is 2.60 bits per heavy atom. The van der Waals surface area contributed by atoms with Crippen LogP contribution in [0.25, 0.3) is 5.69 Å². The number of benzene rings is 1. The lowest BCUT2D eigenvalue weighted by Gasteiger charge is -2.28. The molecule has 0 spiro atoms. The Morgan fingerprint density at radius 1 is 1.13 bits per heavy atom. The summed E-state index contributed by atoms with van der Waals surface area (Å²) in [4.78, 5) is 6.87. The summed E-state index contributed by atoms with van der Waals surface area (Å²) in [6.45, 7) is 7.14. The van der Waals surface area contributed by atoms with Gasteiger partial charge in [-0.05, 0) is 68.4 Å². The van der Waals surface area contributed by atoms with Crippen LogP contribution in [-0.4, -0.2) is 26.1 Å². The lowest BCUT2D eigenvalue weighted by Crippen LogP contribution is -2.30. The van der Waals surface area contributed by atoms with Crippen molar-refractivity contribution < 1.29 is 4.39 Å². The number of nitrogens with one attached hydrogen (secondary N) is 1. The number of rotatable bonds is 6. The number of aryl methyl sites for hydroxylation is 1. The fourth-order valence-corrected chi connectivity index (χ4v) is 4.74. The van der Waals surface area contributed by atoms with E-state index in [4.69, 9.17) is 12.2 Å². The van der Waals surface area contributed by atoms with E-state index in [1.165, 1.54) is 6.07 Å². The Labute approximate surface area is 182 Å². The van der Waals surface area contributed by atoms with Crippen LogP contribution in [0.15, 0.2) is 54.7 Å². The van der Waals surface area contributed by atoms with E-state index in [2.05, 4.69) is 35.1 Å². The number of halogens is 1. The lowest BCUT2D eigenvalue weighted by atomic mass is 9.96. The van der Waals surface area contributed by atoms with Gasteiger partial charge in [0, 0.05) is 24.1 Å². The van der Waals surface area contributed by atoms with Crippen molar-refractivity contribution in [3.8, 4) is 5.69 Å². The number of hydrogen-bond acceptors (Lipinski definition) is 2. The first-order valence-electron chi connectivity index (χ1n) is 10.4. The molecule has 1 fully saturated rings. The minimum Gasteiger partial charge on any atom is -0.352 e. The number of aromatic nitrogens is 2. The number of unbranched alkanes of at least 4 members (excludes halogenated alkanes) is 1. The molecule has 0 aliphatic carbocycles. The van der Waals surface area contributed by atoms with E-state index >= 15 is 0 Å². The van der Waals surface area contributed by atoms with Crippen LogP contribution in [0.3, 0.4) is 0 Å². The molecule has 1 aliphatic heterocycles. The average molecular weight is 423 g/mol. The molecule has 1 saturated heterocycles. The van der Waals surface area contributed by atoms with Crippen LogP contribution >= 0.6 is 12.2 Å². The van der Waals surface area contributed by atoms with Crippen LogP contribution in [0.2, 0.25) is 0 Å². The monoisotopic (exact) mass is 422 g/mol. The largest absolute Gasteiger partial charge is 0.352 e. The molecule has 1 aliphatic rings. The van der Waals surface area contributed by atoms with Gasteiger partial charge >= 0.3 is 0 Å². The molecule has 4 nitrogen and oxygen atoms in total. The van der Waals surface area contributed by atoms with Crippen molar-refractivity contribution in [2.75, 3.05) is 6.54 Å². The van der Waals surface area contributed by atoms with Crippen LogP contribution < -0.4 is 5.32 Å². The van der Waals surface area contributed by atoms with Gasteiger partial charge in [0.05, 0.1) is 23.5 Å². The van der Waals surface area contributed by atoms with E-state index in [9.17, 15) is 4.39 Å². The minimum atomic E-state index is -0.227. The highest BCUT2D eigenvalue weighted by Crippen LogP contribution is 2.41. The zero-order valence-electron chi connectivity index (χ0n) is 17.6. The Morgan fingerprint density at radius 2 is 1.90 bits per heavy atom. The Hall–Kier alpha value is -2.73. The highest BCUT2D eigenvalue weighted by atomic mass is 32.1. The average Bonchev–Trinajstić information content (AvgIpc) is 3.23. The standard InChI is InChI=1S/C24H27FN4S/c1-4-5-14-28-23(22(27-24(28)30)20-11-8-9-13-26-20)18-15-16(2)29(17(18)3)21-12-7-6-10-19(21)25/h6-13,15,22-23H,4-5,14H2,1-3H3,(H,27,30). The quantitative estimate of drug-likeness (QED) is 0.539. The van der Waals surface area contributed by atoms with E-state index in [-0.39, 0.29) is 17.9 Å². The number of thiocarbonyl (C=S) groups is 1. The molecule has 0 bridgehead atoms. The normalized spacial score (nSPS) is 18.7. The zero-order valence-corrected chi connectivity index (χ0v) is 18.4. The summed E-state index contributed by atoms with van der Waals surface area (Å²) in [5.74, 6) is -0.227. The fraction of sp³-hybridized carbons (Fsp3) is 0.333. The molecule has 0 radical (unpaired) electrons. The molecule has 0 saturated carbocycles. The molecule has 1 aromatic carbocycles. The Balaban J connectivity index is 1.83. The van der Waals surface area contributed by atoms with Crippen molar-refractivity contribution in [2.45, 2.75) is 45.7 Å². The maximum atomic E-state index is 14.6. The molecule has 2 unspecified atom stereocenters. The van der Waals surface area contributed by atoms with Gasteiger partial charge in [0.2, 0.25) is 0 Å². The van der Waals surface area contributed by atoms with E-state index in [0.717, 1.165) is 47.1 Å². The van der Waals surface area contributed by atoms with Crippen LogP contribution in [0.1, 0.15) is 54.5 Å². The molecule has 6 heteroatoms. The summed E-state index contributed by atoms with van der Waals surface area (Å²) < 4.78 is 16.6. The van der Waals surface area contributed by atoms with Crippen molar-refractivity contribution in [2.24, 2.45) is 0 Å². The summed E-state index contributed by atoms with van der Waals surface area (Å²) in [5, 5.41) is 4.25. The van der Waals surface area contributed by atoms with Crippen molar-refractivity contribution in [1.29, 1.82) is 0 Å². The van der Waals surface area contributed by atoms with Crippen LogP contribution in [0.5, 0.6) is 0 Å². The van der Waals surface area contributed by atoms with Gasteiger partial charge in [0.15, 0.2) is 5.11 Å². The smallest absolute Gasteiger partial charge is 0.170 e. The van der Waals surface area contributed by atoms with Gasteiger partial charge in [0.1, 0.15) is 5.82 Å². The number of pyridine rings is 1. The van der Waals surface area contributed by atoms with Crippen LogP contribution in [0, 0.1) is 19.7 Å². The number of nitrogens with zero attached hydrogens (tertiary/aromatic N) is 3. The van der Waals surface area contributed by atoms with Gasteiger partial charge in [-0.15, -0.1) is 0 Å². The molecule has 3 aromatic rings. The lowest BCUT2D eigenvalue weighted by molar-refractivity contribution is 0.312. The highest BCUT2D eigenvalue weighted by Gasteiger charge is 2.41. The molecular weight excluding hydrogens is 395 g/mol. The van der Waals surface area contributed by atoms with E-state index < -0.39 is 0 Å². The summed E-state index contributed by atoms with van der Waals surface area (Å²) in [5.41, 5.74) is 4.70. The van der Waals surface area contributed by atoms with Gasteiger partial charge in [-0.1, -0.05) is 31.5 Å². The fourth-order valence-electron chi connectivity index (χ4n) is 4.40. The topological polar surface area (TPSA) is 33.1 Å². The molecule has 2 atom stereocenters. The van der Waals surface area contributed by atoms with Crippen molar-refractivity contribution in [3.05, 3.63) is 83.2 Å². The first kappa shape index (κ1) is 20.5. The number of para-hydroxylation sites is 1. The van der Waals surface area contributed by atoms with Crippen molar-refractivity contribution in [3.63, 3.8) is 0 Å². The third-order valence-corrected chi connectivity index (χ3v) is 6.18. The summed E-state index contributed by atoms with van der Waals surface area (Å²) >= 11 is 5.73. The van der Waals surface area contributed by atoms with E-state index in [1.807, 2.05) is 48.0 Å². The molecular formula is C24H27FN4S. The summed E-state index contributed by atoms with van der Waals surface area (Å²) in [6, 6.07) is 15.0. The highest BCUT2D eigenvalue weighted by molar-refractivity contribution is 7.80. The summed E-state index contributed by atoms with van der Waals surface area (Å²) in [6.07, 6.45) is 3.96. The first-order chi connectivity index (χ1) is 14.5. The van der Waals surface area contributed by atoms with Gasteiger partial charge in [0.25, 0.3) is 0 Å². The SMILES string of the molecule is CCCCN1C(=S)NC(c2ccccn2)C1c1cc(C)n(-c2ccccc2F)c1C. The molecule has 30 heavy (non-hydrogen) atoms. The van der Waals surface area contributed by atoms with Crippen LogP contribution in [0.4, 0.5) is 4.39 Å². The van der Waals surface area contributed by atoms with E-state index in [1.54, 1.807) is 6.07 Å². The van der Waals surface area contributed by atoms with Gasteiger partial charge in [-0.2, -0.15) is 0 Å². The van der Waals surface area contributed by atoms with Gasteiger partial charge < -0.3 is 14.8 Å². The second-order valence-electron chi connectivity index (χ2n) is 7.79. The number of hydrogen-bond donors (Lipinski definition) is 1.